The van der Waals surface area contributed by atoms with Crippen LogP contribution in [-0.2, 0) is 0 Å². The molecule has 2 aromatic carbocycles. The number of rotatable bonds is 3. The minimum Gasteiger partial charge on any atom is -0.322 e. The highest BCUT2D eigenvalue weighted by atomic mass is 79.9. The molecule has 2 aromatic rings. The molecule has 0 spiro atoms. The molecule has 0 saturated heterocycles. The van der Waals surface area contributed by atoms with Crippen LogP contribution < -0.4 is 5.32 Å². The molecule has 0 fully saturated rings. The van der Waals surface area contributed by atoms with E-state index in [0.29, 0.717) is 26.3 Å². The van der Waals surface area contributed by atoms with Crippen molar-refractivity contribution in [2.24, 2.45) is 0 Å². The zero-order valence-corrected chi connectivity index (χ0v) is 13.2. The normalized spacial score (nSPS) is 10.2. The smallest absolute Gasteiger partial charge is 0.274 e. The fourth-order valence-electron chi connectivity index (χ4n) is 1.72. The van der Waals surface area contributed by atoms with E-state index in [1.165, 1.54) is 12.1 Å². The quantitative estimate of drug-likeness (QED) is 0.636. The van der Waals surface area contributed by atoms with Gasteiger partial charge < -0.3 is 5.32 Å². The van der Waals surface area contributed by atoms with Crippen molar-refractivity contribution in [2.45, 2.75) is 6.92 Å². The Hall–Kier alpha value is -1.92. The van der Waals surface area contributed by atoms with Gasteiger partial charge in [0.1, 0.15) is 0 Å². The molecule has 108 valence electrons. The molecule has 21 heavy (non-hydrogen) atoms. The van der Waals surface area contributed by atoms with Gasteiger partial charge in [-0.3, -0.25) is 14.9 Å². The maximum absolute atomic E-state index is 12.1. The number of nitro groups is 1. The Morgan fingerprint density at radius 3 is 2.62 bits per heavy atom. The Balaban J connectivity index is 2.25. The molecule has 0 radical (unpaired) electrons. The number of hydrogen-bond acceptors (Lipinski definition) is 3. The lowest BCUT2D eigenvalue weighted by atomic mass is 10.1. The fourth-order valence-corrected chi connectivity index (χ4v) is 2.15. The number of halogens is 2. The van der Waals surface area contributed by atoms with E-state index < -0.39 is 4.92 Å². The lowest BCUT2D eigenvalue weighted by Gasteiger charge is -2.07. The summed E-state index contributed by atoms with van der Waals surface area (Å²) in [5.74, 6) is -0.387. The van der Waals surface area contributed by atoms with Crippen LogP contribution in [0.4, 0.5) is 11.4 Å². The number of benzene rings is 2. The Morgan fingerprint density at radius 2 is 2.00 bits per heavy atom. The van der Waals surface area contributed by atoms with Gasteiger partial charge in [-0.25, -0.2) is 0 Å². The molecular weight excluding hydrogens is 360 g/mol. The number of carbonyl (C=O) groups excluding carboxylic acids is 1. The van der Waals surface area contributed by atoms with Crippen molar-refractivity contribution in [1.29, 1.82) is 0 Å². The number of carbonyl (C=O) groups is 1. The monoisotopic (exact) mass is 368 g/mol. The summed E-state index contributed by atoms with van der Waals surface area (Å²) in [6, 6.07) is 9.31. The predicted molar refractivity (Wildman–Crippen MR) is 84.9 cm³/mol. The molecule has 1 N–H and O–H groups in total. The van der Waals surface area contributed by atoms with Crippen LogP contribution in [-0.4, -0.2) is 10.8 Å². The van der Waals surface area contributed by atoms with E-state index >= 15 is 0 Å². The Labute approximate surface area is 134 Å². The third kappa shape index (κ3) is 3.59. The maximum atomic E-state index is 12.1. The van der Waals surface area contributed by atoms with Gasteiger partial charge in [-0.1, -0.05) is 17.7 Å². The van der Waals surface area contributed by atoms with Gasteiger partial charge in [-0.05, 0) is 47.1 Å². The summed E-state index contributed by atoms with van der Waals surface area (Å²) in [7, 11) is 0. The Morgan fingerprint density at radius 1 is 1.29 bits per heavy atom. The second kappa shape index (κ2) is 6.24. The van der Waals surface area contributed by atoms with E-state index in [1.54, 1.807) is 31.2 Å². The standard InChI is InChI=1S/C14H10BrClN2O3/c1-8-2-4-10(7-13(8)18(20)21)17-14(19)9-3-5-11(15)12(16)6-9/h2-7H,1H3,(H,17,19). The number of anilines is 1. The van der Waals surface area contributed by atoms with Crippen LogP contribution in [0.5, 0.6) is 0 Å². The molecule has 1 amide bonds. The molecule has 5 nitrogen and oxygen atoms in total. The van der Waals surface area contributed by atoms with Gasteiger partial charge >= 0.3 is 0 Å². The molecule has 0 aliphatic carbocycles. The van der Waals surface area contributed by atoms with Gasteiger partial charge in [-0.15, -0.1) is 0 Å². The van der Waals surface area contributed by atoms with Gasteiger partial charge in [-0.2, -0.15) is 0 Å². The maximum Gasteiger partial charge on any atom is 0.274 e. The topological polar surface area (TPSA) is 72.2 Å². The third-order valence-electron chi connectivity index (χ3n) is 2.85. The molecule has 0 aliphatic heterocycles. The van der Waals surface area contributed by atoms with Gasteiger partial charge in [0, 0.05) is 27.4 Å². The van der Waals surface area contributed by atoms with Gasteiger partial charge in [0.2, 0.25) is 0 Å². The largest absolute Gasteiger partial charge is 0.322 e. The summed E-state index contributed by atoms with van der Waals surface area (Å²) >= 11 is 9.17. The summed E-state index contributed by atoms with van der Waals surface area (Å²) in [5.41, 5.74) is 1.22. The Kier molecular flexibility index (Phi) is 4.59. The first-order valence-electron chi connectivity index (χ1n) is 5.90. The molecule has 0 heterocycles. The third-order valence-corrected chi connectivity index (χ3v) is 4.08. The SMILES string of the molecule is Cc1ccc(NC(=O)c2ccc(Br)c(Cl)c2)cc1[N+](=O)[O-]. The number of amides is 1. The number of aryl methyl sites for hydroxylation is 1. The van der Waals surface area contributed by atoms with Gasteiger partial charge in [0.05, 0.1) is 9.95 Å². The average Bonchev–Trinajstić information content (AvgIpc) is 2.43. The van der Waals surface area contributed by atoms with Crippen LogP contribution in [0.15, 0.2) is 40.9 Å². The van der Waals surface area contributed by atoms with Gasteiger partial charge in [0.25, 0.3) is 11.6 Å². The second-order valence-electron chi connectivity index (χ2n) is 4.34. The van der Waals surface area contributed by atoms with Crippen LogP contribution in [0, 0.1) is 17.0 Å². The number of nitro benzene ring substituents is 1. The average molecular weight is 370 g/mol. The minimum atomic E-state index is -0.485. The lowest BCUT2D eigenvalue weighted by molar-refractivity contribution is -0.385. The summed E-state index contributed by atoms with van der Waals surface area (Å²) in [6.45, 7) is 1.64. The van der Waals surface area contributed by atoms with Crippen molar-refractivity contribution < 1.29 is 9.72 Å². The van der Waals surface area contributed by atoms with Gasteiger partial charge in [0.15, 0.2) is 0 Å². The number of nitrogens with zero attached hydrogens (tertiary/aromatic N) is 1. The molecule has 7 heteroatoms. The van der Waals surface area contributed by atoms with Crippen molar-refractivity contribution in [3.8, 4) is 0 Å². The van der Waals surface area contributed by atoms with Crippen molar-refractivity contribution in [1.82, 2.24) is 0 Å². The van der Waals surface area contributed by atoms with Crippen LogP contribution in [0.3, 0.4) is 0 Å². The van der Waals surface area contributed by atoms with Crippen LogP contribution >= 0.6 is 27.5 Å². The van der Waals surface area contributed by atoms with Crippen molar-refractivity contribution in [2.75, 3.05) is 5.32 Å². The number of hydrogen-bond donors (Lipinski definition) is 1. The molecular formula is C14H10BrClN2O3. The summed E-state index contributed by atoms with van der Waals surface area (Å²) < 4.78 is 0.687. The zero-order valence-electron chi connectivity index (χ0n) is 10.9. The van der Waals surface area contributed by atoms with Crippen molar-refractivity contribution >= 4 is 44.8 Å². The lowest BCUT2D eigenvalue weighted by Crippen LogP contribution is -2.12. The first-order valence-corrected chi connectivity index (χ1v) is 7.07. The van der Waals surface area contributed by atoms with Crippen molar-refractivity contribution in [3.05, 3.63) is 67.1 Å². The molecule has 0 aromatic heterocycles. The first kappa shape index (κ1) is 15.5. The predicted octanol–water partition coefficient (Wildman–Crippen LogP) is 4.57. The fraction of sp³-hybridized carbons (Fsp3) is 0.0714. The Bertz CT molecular complexity index is 734. The van der Waals surface area contributed by atoms with Crippen LogP contribution in [0.1, 0.15) is 15.9 Å². The molecule has 0 bridgehead atoms. The van der Waals surface area contributed by atoms with E-state index in [4.69, 9.17) is 11.6 Å². The highest BCUT2D eigenvalue weighted by Gasteiger charge is 2.13. The first-order chi connectivity index (χ1) is 9.88. The summed E-state index contributed by atoms with van der Waals surface area (Å²) in [5, 5.41) is 13.9. The van der Waals surface area contributed by atoms with E-state index in [1.807, 2.05) is 0 Å². The molecule has 0 saturated carbocycles. The highest BCUT2D eigenvalue weighted by molar-refractivity contribution is 9.10. The molecule has 0 atom stereocenters. The molecule has 0 aliphatic rings. The van der Waals surface area contributed by atoms with E-state index in [0.717, 1.165) is 0 Å². The molecule has 0 unspecified atom stereocenters. The molecule has 2 rings (SSSR count). The highest BCUT2D eigenvalue weighted by Crippen LogP contribution is 2.25. The second-order valence-corrected chi connectivity index (χ2v) is 5.60. The van der Waals surface area contributed by atoms with Crippen molar-refractivity contribution in [3.63, 3.8) is 0 Å². The van der Waals surface area contributed by atoms with E-state index in [2.05, 4.69) is 21.2 Å². The summed E-state index contributed by atoms with van der Waals surface area (Å²) in [6.07, 6.45) is 0. The minimum absolute atomic E-state index is 0.0401. The zero-order chi connectivity index (χ0) is 15.6. The van der Waals surface area contributed by atoms with E-state index in [-0.39, 0.29) is 11.6 Å². The van der Waals surface area contributed by atoms with Crippen LogP contribution in [0.2, 0.25) is 5.02 Å². The summed E-state index contributed by atoms with van der Waals surface area (Å²) in [4.78, 5) is 22.5. The van der Waals surface area contributed by atoms with E-state index in [9.17, 15) is 14.9 Å². The number of nitrogens with one attached hydrogen (secondary N) is 1. The van der Waals surface area contributed by atoms with Crippen LogP contribution in [0.25, 0.3) is 0 Å².